The predicted molar refractivity (Wildman–Crippen MR) is 66.7 cm³/mol. The third-order valence-corrected chi connectivity index (χ3v) is 2.72. The van der Waals surface area contributed by atoms with Gasteiger partial charge in [0.15, 0.2) is 11.6 Å². The van der Waals surface area contributed by atoms with Crippen LogP contribution in [0.3, 0.4) is 0 Å². The monoisotopic (exact) mass is 261 g/mol. The molecule has 0 unspecified atom stereocenters. The molecule has 1 aromatic carbocycles. The summed E-state index contributed by atoms with van der Waals surface area (Å²) in [6.45, 7) is 1.87. The lowest BCUT2D eigenvalue weighted by molar-refractivity contribution is 0.155. The van der Waals surface area contributed by atoms with Crippen LogP contribution in [0.1, 0.15) is 12.8 Å². The summed E-state index contributed by atoms with van der Waals surface area (Å²) in [6, 6.07) is 4.67. The van der Waals surface area contributed by atoms with E-state index in [1.807, 2.05) is 0 Å². The minimum atomic E-state index is -0.363. The summed E-state index contributed by atoms with van der Waals surface area (Å²) >= 11 is 0. The molecule has 3 nitrogen and oxygen atoms in total. The minimum Gasteiger partial charge on any atom is -0.497 e. The Hall–Kier alpha value is -1.00. The molecule has 5 heteroatoms. The molecule has 2 rings (SSSR count). The Morgan fingerprint density at radius 3 is 2.59 bits per heavy atom. The fourth-order valence-electron chi connectivity index (χ4n) is 1.80. The number of halogens is 2. The van der Waals surface area contributed by atoms with Crippen molar-refractivity contribution in [2.24, 2.45) is 0 Å². The van der Waals surface area contributed by atoms with Gasteiger partial charge in [0, 0.05) is 6.07 Å². The summed E-state index contributed by atoms with van der Waals surface area (Å²) in [4.78, 5) is 0. The van der Waals surface area contributed by atoms with Crippen LogP contribution >= 0.6 is 12.4 Å². The molecule has 0 aliphatic carbocycles. The van der Waals surface area contributed by atoms with Gasteiger partial charge in [0.25, 0.3) is 0 Å². The summed E-state index contributed by atoms with van der Waals surface area (Å²) in [5.74, 6) is 0.459. The minimum absolute atomic E-state index is 0. The molecule has 1 aliphatic rings. The lowest BCUT2D eigenvalue weighted by Gasteiger charge is -2.24. The standard InChI is InChI=1S/C12H16FNO2.ClH/c1-15-10-2-3-12(11(13)8-10)16-9-4-6-14-7-5-9;/h2-3,8-9,14H,4-7H2,1H3;1H. The predicted octanol–water partition coefficient (Wildman–Crippen LogP) is 2.39. The maximum atomic E-state index is 13.6. The SMILES string of the molecule is COc1ccc(OC2CCNCC2)c(F)c1.Cl. The summed E-state index contributed by atoms with van der Waals surface area (Å²) in [7, 11) is 1.52. The third kappa shape index (κ3) is 3.75. The summed E-state index contributed by atoms with van der Waals surface area (Å²) < 4.78 is 24.1. The molecular formula is C12H17ClFNO2. The van der Waals surface area contributed by atoms with E-state index >= 15 is 0 Å². The number of hydrogen-bond acceptors (Lipinski definition) is 3. The van der Waals surface area contributed by atoms with Gasteiger partial charge in [-0.3, -0.25) is 0 Å². The normalized spacial score (nSPS) is 16.1. The molecule has 0 bridgehead atoms. The van der Waals surface area contributed by atoms with Crippen LogP contribution in [0.25, 0.3) is 0 Å². The van der Waals surface area contributed by atoms with Gasteiger partial charge in [-0.15, -0.1) is 12.4 Å². The summed E-state index contributed by atoms with van der Waals surface area (Å²) in [5, 5.41) is 3.24. The highest BCUT2D eigenvalue weighted by Crippen LogP contribution is 2.24. The van der Waals surface area contributed by atoms with Crippen molar-refractivity contribution >= 4 is 12.4 Å². The first kappa shape index (κ1) is 14.1. The maximum absolute atomic E-state index is 13.6. The second-order valence-corrected chi connectivity index (χ2v) is 3.86. The first-order chi connectivity index (χ1) is 7.79. The van der Waals surface area contributed by atoms with E-state index in [9.17, 15) is 4.39 Å². The molecule has 0 spiro atoms. The molecule has 0 aromatic heterocycles. The molecule has 1 N–H and O–H groups in total. The average molecular weight is 262 g/mol. The highest BCUT2D eigenvalue weighted by molar-refractivity contribution is 5.85. The quantitative estimate of drug-likeness (QED) is 0.906. The second kappa shape index (κ2) is 6.67. The first-order valence-corrected chi connectivity index (χ1v) is 5.50. The number of ether oxygens (including phenoxy) is 2. The van der Waals surface area contributed by atoms with E-state index in [1.54, 1.807) is 12.1 Å². The molecule has 0 amide bonds. The van der Waals surface area contributed by atoms with E-state index in [0.717, 1.165) is 25.9 Å². The summed E-state index contributed by atoms with van der Waals surface area (Å²) in [6.07, 6.45) is 1.96. The molecular weight excluding hydrogens is 245 g/mol. The van der Waals surface area contributed by atoms with Crippen molar-refractivity contribution in [3.63, 3.8) is 0 Å². The number of nitrogens with one attached hydrogen (secondary N) is 1. The maximum Gasteiger partial charge on any atom is 0.168 e. The fraction of sp³-hybridized carbons (Fsp3) is 0.500. The molecule has 96 valence electrons. The summed E-state index contributed by atoms with van der Waals surface area (Å²) in [5.41, 5.74) is 0. The van der Waals surface area contributed by atoms with Crippen molar-refractivity contribution in [2.75, 3.05) is 20.2 Å². The molecule has 1 aromatic rings. The van der Waals surface area contributed by atoms with E-state index < -0.39 is 0 Å². The van der Waals surface area contributed by atoms with Crippen LogP contribution in [-0.4, -0.2) is 26.3 Å². The van der Waals surface area contributed by atoms with Gasteiger partial charge in [-0.25, -0.2) is 4.39 Å². The highest BCUT2D eigenvalue weighted by atomic mass is 35.5. The van der Waals surface area contributed by atoms with E-state index in [-0.39, 0.29) is 24.3 Å². The molecule has 0 saturated carbocycles. The number of hydrogen-bond donors (Lipinski definition) is 1. The fourth-order valence-corrected chi connectivity index (χ4v) is 1.80. The van der Waals surface area contributed by atoms with Crippen LogP contribution in [0, 0.1) is 5.82 Å². The van der Waals surface area contributed by atoms with Crippen LogP contribution in [-0.2, 0) is 0 Å². The van der Waals surface area contributed by atoms with Crippen molar-refractivity contribution in [3.05, 3.63) is 24.0 Å². The van der Waals surface area contributed by atoms with E-state index in [2.05, 4.69) is 5.32 Å². The molecule has 0 radical (unpaired) electrons. The Morgan fingerprint density at radius 2 is 2.00 bits per heavy atom. The molecule has 1 aliphatic heterocycles. The number of benzene rings is 1. The van der Waals surface area contributed by atoms with Crippen LogP contribution < -0.4 is 14.8 Å². The van der Waals surface area contributed by atoms with Gasteiger partial charge in [-0.1, -0.05) is 0 Å². The van der Waals surface area contributed by atoms with Gasteiger partial charge in [0.2, 0.25) is 0 Å². The first-order valence-electron chi connectivity index (χ1n) is 5.50. The lowest BCUT2D eigenvalue weighted by Crippen LogP contribution is -2.34. The van der Waals surface area contributed by atoms with Gasteiger partial charge < -0.3 is 14.8 Å². The van der Waals surface area contributed by atoms with Crippen LogP contribution in [0.4, 0.5) is 4.39 Å². The van der Waals surface area contributed by atoms with Crippen molar-refractivity contribution in [1.82, 2.24) is 5.32 Å². The average Bonchev–Trinajstić information content (AvgIpc) is 2.33. The van der Waals surface area contributed by atoms with E-state index in [0.29, 0.717) is 11.5 Å². The van der Waals surface area contributed by atoms with Crippen LogP contribution in [0.15, 0.2) is 18.2 Å². The zero-order valence-electron chi connectivity index (χ0n) is 9.74. The zero-order valence-corrected chi connectivity index (χ0v) is 10.6. The van der Waals surface area contributed by atoms with Gasteiger partial charge in [0.1, 0.15) is 11.9 Å². The van der Waals surface area contributed by atoms with Crippen molar-refractivity contribution in [1.29, 1.82) is 0 Å². The largest absolute Gasteiger partial charge is 0.497 e. The van der Waals surface area contributed by atoms with Crippen molar-refractivity contribution in [2.45, 2.75) is 18.9 Å². The number of piperidine rings is 1. The molecule has 0 atom stereocenters. The Kier molecular flexibility index (Phi) is 5.51. The molecule has 17 heavy (non-hydrogen) atoms. The molecule has 1 heterocycles. The molecule has 1 saturated heterocycles. The lowest BCUT2D eigenvalue weighted by atomic mass is 10.1. The number of rotatable bonds is 3. The van der Waals surface area contributed by atoms with Gasteiger partial charge in [-0.2, -0.15) is 0 Å². The topological polar surface area (TPSA) is 30.5 Å². The van der Waals surface area contributed by atoms with E-state index in [4.69, 9.17) is 9.47 Å². The Balaban J connectivity index is 0.00000144. The van der Waals surface area contributed by atoms with E-state index in [1.165, 1.54) is 13.2 Å². The van der Waals surface area contributed by atoms with Gasteiger partial charge in [0.05, 0.1) is 7.11 Å². The smallest absolute Gasteiger partial charge is 0.168 e. The van der Waals surface area contributed by atoms with Crippen LogP contribution in [0.2, 0.25) is 0 Å². The number of methoxy groups -OCH3 is 1. The zero-order chi connectivity index (χ0) is 11.4. The van der Waals surface area contributed by atoms with Crippen molar-refractivity contribution in [3.8, 4) is 11.5 Å². The Labute approximate surface area is 107 Å². The molecule has 1 fully saturated rings. The van der Waals surface area contributed by atoms with Gasteiger partial charge in [-0.05, 0) is 38.1 Å². The Morgan fingerprint density at radius 1 is 1.29 bits per heavy atom. The highest BCUT2D eigenvalue weighted by Gasteiger charge is 2.16. The van der Waals surface area contributed by atoms with Gasteiger partial charge >= 0.3 is 0 Å². The van der Waals surface area contributed by atoms with Crippen molar-refractivity contribution < 1.29 is 13.9 Å². The second-order valence-electron chi connectivity index (χ2n) is 3.86. The third-order valence-electron chi connectivity index (χ3n) is 2.72. The van der Waals surface area contributed by atoms with Crippen LogP contribution in [0.5, 0.6) is 11.5 Å². The Bertz CT molecular complexity index is 356.